The summed E-state index contributed by atoms with van der Waals surface area (Å²) in [6.07, 6.45) is 2.92. The Bertz CT molecular complexity index is 756. The Labute approximate surface area is 134 Å². The minimum Gasteiger partial charge on any atom is -0.379 e. The summed E-state index contributed by atoms with van der Waals surface area (Å²) in [7, 11) is 0. The molecule has 23 heavy (non-hydrogen) atoms. The molecular weight excluding hydrogens is 292 g/mol. The largest absolute Gasteiger partial charge is 0.379 e. The molecule has 7 heteroatoms. The lowest BCUT2D eigenvalue weighted by Crippen LogP contribution is -2.11. The number of ether oxygens (including phenoxy) is 1. The molecule has 0 fully saturated rings. The lowest BCUT2D eigenvalue weighted by Gasteiger charge is -2.08. The summed E-state index contributed by atoms with van der Waals surface area (Å²) in [4.78, 5) is 0. The van der Waals surface area contributed by atoms with Gasteiger partial charge in [-0.3, -0.25) is 0 Å². The SMILES string of the molecule is CC(C)OCCCNc1nnnc2c1cnn2-c1ccccc1. The molecule has 0 radical (unpaired) electrons. The third-order valence-electron chi connectivity index (χ3n) is 3.35. The summed E-state index contributed by atoms with van der Waals surface area (Å²) < 4.78 is 7.29. The van der Waals surface area contributed by atoms with Gasteiger partial charge in [0, 0.05) is 13.2 Å². The van der Waals surface area contributed by atoms with Crippen LogP contribution in [0.2, 0.25) is 0 Å². The van der Waals surface area contributed by atoms with Crippen LogP contribution in [-0.2, 0) is 4.74 Å². The molecule has 1 aromatic carbocycles. The summed E-state index contributed by atoms with van der Waals surface area (Å²) in [6.45, 7) is 5.54. The van der Waals surface area contributed by atoms with Crippen molar-refractivity contribution in [2.45, 2.75) is 26.4 Å². The van der Waals surface area contributed by atoms with E-state index >= 15 is 0 Å². The van der Waals surface area contributed by atoms with Gasteiger partial charge in [0.05, 0.1) is 23.4 Å². The minimum atomic E-state index is 0.256. The van der Waals surface area contributed by atoms with Gasteiger partial charge >= 0.3 is 0 Å². The standard InChI is InChI=1S/C16H20N6O/c1-12(2)23-10-6-9-17-15-14-11-18-22(16(14)20-21-19-15)13-7-4-3-5-8-13/h3-5,7-8,11-12H,6,9-10H2,1-2H3,(H,17,19,20). The molecule has 7 nitrogen and oxygen atoms in total. The molecular formula is C16H20N6O. The van der Waals surface area contributed by atoms with Crippen LogP contribution in [0.25, 0.3) is 16.7 Å². The van der Waals surface area contributed by atoms with E-state index in [1.807, 2.05) is 44.2 Å². The maximum absolute atomic E-state index is 5.52. The molecule has 2 aromatic heterocycles. The zero-order valence-corrected chi connectivity index (χ0v) is 13.3. The Hall–Kier alpha value is -2.54. The number of hydrogen-bond acceptors (Lipinski definition) is 6. The highest BCUT2D eigenvalue weighted by Crippen LogP contribution is 2.20. The quantitative estimate of drug-likeness (QED) is 0.675. The normalized spacial score (nSPS) is 11.3. The zero-order valence-electron chi connectivity index (χ0n) is 13.3. The summed E-state index contributed by atoms with van der Waals surface area (Å²) in [6, 6.07) is 9.85. The van der Waals surface area contributed by atoms with Crippen LogP contribution in [0.4, 0.5) is 5.82 Å². The molecule has 0 amide bonds. The number of benzene rings is 1. The number of anilines is 1. The average molecular weight is 312 g/mol. The molecule has 0 spiro atoms. The lowest BCUT2D eigenvalue weighted by molar-refractivity contribution is 0.0787. The van der Waals surface area contributed by atoms with Crippen molar-refractivity contribution in [2.75, 3.05) is 18.5 Å². The fourth-order valence-corrected chi connectivity index (χ4v) is 2.26. The van der Waals surface area contributed by atoms with Crippen LogP contribution in [0.1, 0.15) is 20.3 Å². The molecule has 0 bridgehead atoms. The Morgan fingerprint density at radius 3 is 2.78 bits per heavy atom. The van der Waals surface area contributed by atoms with Crippen molar-refractivity contribution < 1.29 is 4.74 Å². The minimum absolute atomic E-state index is 0.256. The molecule has 0 aliphatic carbocycles. The predicted molar refractivity (Wildman–Crippen MR) is 88.6 cm³/mol. The molecule has 3 aromatic rings. The molecule has 0 aliphatic rings. The van der Waals surface area contributed by atoms with Crippen LogP contribution < -0.4 is 5.32 Å². The molecule has 2 heterocycles. The first-order valence-corrected chi connectivity index (χ1v) is 7.73. The van der Waals surface area contributed by atoms with E-state index in [0.29, 0.717) is 11.5 Å². The van der Waals surface area contributed by atoms with Gasteiger partial charge in [0.1, 0.15) is 0 Å². The first-order chi connectivity index (χ1) is 11.3. The topological polar surface area (TPSA) is 77.8 Å². The third kappa shape index (κ3) is 3.62. The highest BCUT2D eigenvalue weighted by Gasteiger charge is 2.11. The highest BCUT2D eigenvalue weighted by molar-refractivity contribution is 5.86. The summed E-state index contributed by atoms with van der Waals surface area (Å²) >= 11 is 0. The van der Waals surface area contributed by atoms with Gasteiger partial charge in [-0.25, -0.2) is 4.68 Å². The van der Waals surface area contributed by atoms with E-state index in [2.05, 4.69) is 25.8 Å². The van der Waals surface area contributed by atoms with Crippen LogP contribution >= 0.6 is 0 Å². The maximum atomic E-state index is 5.52. The first kappa shape index (κ1) is 15.4. The molecule has 0 saturated heterocycles. The van der Waals surface area contributed by atoms with Gasteiger partial charge in [-0.1, -0.05) is 18.2 Å². The van der Waals surface area contributed by atoms with Crippen LogP contribution in [0.3, 0.4) is 0 Å². The van der Waals surface area contributed by atoms with Gasteiger partial charge < -0.3 is 10.1 Å². The Kier molecular flexibility index (Phi) is 4.77. The maximum Gasteiger partial charge on any atom is 0.190 e. The third-order valence-corrected chi connectivity index (χ3v) is 3.35. The molecule has 0 unspecified atom stereocenters. The second-order valence-corrected chi connectivity index (χ2v) is 5.47. The number of para-hydroxylation sites is 1. The van der Waals surface area contributed by atoms with Gasteiger partial charge in [-0.2, -0.15) is 5.10 Å². The van der Waals surface area contributed by atoms with E-state index in [-0.39, 0.29) is 6.10 Å². The van der Waals surface area contributed by atoms with Crippen molar-refractivity contribution in [1.29, 1.82) is 0 Å². The van der Waals surface area contributed by atoms with E-state index in [9.17, 15) is 0 Å². The second kappa shape index (κ2) is 7.15. The number of nitrogens with one attached hydrogen (secondary N) is 1. The predicted octanol–water partition coefficient (Wildman–Crippen LogP) is 2.44. The number of fused-ring (bicyclic) bond motifs is 1. The number of nitrogens with zero attached hydrogens (tertiary/aromatic N) is 5. The summed E-state index contributed by atoms with van der Waals surface area (Å²) in [5.74, 6) is 0.696. The summed E-state index contributed by atoms with van der Waals surface area (Å²) in [5, 5.41) is 20.6. The van der Waals surface area contributed by atoms with E-state index in [1.54, 1.807) is 10.9 Å². The van der Waals surface area contributed by atoms with Crippen LogP contribution in [0.15, 0.2) is 36.5 Å². The van der Waals surface area contributed by atoms with Crippen molar-refractivity contribution in [1.82, 2.24) is 25.2 Å². The molecule has 120 valence electrons. The fourth-order valence-electron chi connectivity index (χ4n) is 2.26. The molecule has 0 aliphatic heterocycles. The van der Waals surface area contributed by atoms with Crippen molar-refractivity contribution in [3.8, 4) is 5.69 Å². The van der Waals surface area contributed by atoms with Crippen LogP contribution in [-0.4, -0.2) is 44.4 Å². The Balaban J connectivity index is 1.74. The van der Waals surface area contributed by atoms with Crippen LogP contribution in [0, 0.1) is 0 Å². The molecule has 1 N–H and O–H groups in total. The first-order valence-electron chi connectivity index (χ1n) is 7.73. The molecule has 0 atom stereocenters. The van der Waals surface area contributed by atoms with E-state index in [4.69, 9.17) is 4.74 Å². The van der Waals surface area contributed by atoms with Crippen molar-refractivity contribution in [3.63, 3.8) is 0 Å². The number of hydrogen-bond donors (Lipinski definition) is 1. The van der Waals surface area contributed by atoms with Crippen molar-refractivity contribution in [3.05, 3.63) is 36.5 Å². The van der Waals surface area contributed by atoms with Gasteiger partial charge in [0.25, 0.3) is 0 Å². The van der Waals surface area contributed by atoms with Crippen molar-refractivity contribution in [2.24, 2.45) is 0 Å². The lowest BCUT2D eigenvalue weighted by atomic mass is 10.3. The van der Waals surface area contributed by atoms with E-state index in [1.165, 1.54) is 0 Å². The number of rotatable bonds is 7. The number of aromatic nitrogens is 5. The second-order valence-electron chi connectivity index (χ2n) is 5.47. The van der Waals surface area contributed by atoms with Gasteiger partial charge in [0.2, 0.25) is 0 Å². The van der Waals surface area contributed by atoms with E-state index < -0.39 is 0 Å². The average Bonchev–Trinajstić information content (AvgIpc) is 3.00. The Morgan fingerprint density at radius 2 is 2.00 bits per heavy atom. The zero-order chi connectivity index (χ0) is 16.1. The molecule has 0 saturated carbocycles. The Morgan fingerprint density at radius 1 is 1.17 bits per heavy atom. The van der Waals surface area contributed by atoms with Gasteiger partial charge in [-0.05, 0) is 37.6 Å². The van der Waals surface area contributed by atoms with Gasteiger partial charge in [-0.15, -0.1) is 10.2 Å². The molecule has 3 rings (SSSR count). The van der Waals surface area contributed by atoms with E-state index in [0.717, 1.165) is 30.6 Å². The van der Waals surface area contributed by atoms with Gasteiger partial charge in [0.15, 0.2) is 11.5 Å². The van der Waals surface area contributed by atoms with Crippen LogP contribution in [0.5, 0.6) is 0 Å². The highest BCUT2D eigenvalue weighted by atomic mass is 16.5. The fraction of sp³-hybridized carbons (Fsp3) is 0.375. The smallest absolute Gasteiger partial charge is 0.190 e. The monoisotopic (exact) mass is 312 g/mol. The van der Waals surface area contributed by atoms with Crippen molar-refractivity contribution >= 4 is 16.9 Å². The summed E-state index contributed by atoms with van der Waals surface area (Å²) in [5.41, 5.74) is 1.63.